The molecule has 316 valence electrons. The maximum atomic E-state index is 4.00. The van der Waals surface area contributed by atoms with Crippen molar-refractivity contribution in [2.45, 2.75) is 24.7 Å². The van der Waals surface area contributed by atoms with Crippen LogP contribution in [0.4, 0.5) is 17.1 Å². The molecule has 0 bridgehead atoms. The van der Waals surface area contributed by atoms with Gasteiger partial charge in [0.1, 0.15) is 0 Å². The molecule has 1 nitrogen and oxygen atoms in total. The van der Waals surface area contributed by atoms with Gasteiger partial charge in [-0.1, -0.05) is 208 Å². The van der Waals surface area contributed by atoms with Gasteiger partial charge >= 0.3 is 0 Å². The summed E-state index contributed by atoms with van der Waals surface area (Å²) in [6, 6.07) is 86.1. The van der Waals surface area contributed by atoms with Crippen LogP contribution in [-0.4, -0.2) is 0 Å². The molecular weight excluding hydrogens is 807 g/mol. The molecule has 1 unspecified atom stereocenters. The van der Waals surface area contributed by atoms with Crippen molar-refractivity contribution in [1.82, 2.24) is 0 Å². The van der Waals surface area contributed by atoms with Crippen LogP contribution in [-0.2, 0) is 10.8 Å². The highest BCUT2D eigenvalue weighted by molar-refractivity contribution is 5.97. The van der Waals surface area contributed by atoms with Crippen LogP contribution in [0.1, 0.15) is 52.8 Å². The molecule has 67 heavy (non-hydrogen) atoms. The van der Waals surface area contributed by atoms with E-state index >= 15 is 0 Å². The maximum absolute atomic E-state index is 4.00. The number of hydrogen-bond acceptors (Lipinski definition) is 1. The summed E-state index contributed by atoms with van der Waals surface area (Å²) in [6.07, 6.45) is 1.91. The minimum absolute atomic E-state index is 0.0244. The fourth-order valence-corrected chi connectivity index (χ4v) is 11.8. The first kappa shape index (κ1) is 39.1. The van der Waals surface area contributed by atoms with Crippen LogP contribution in [0.5, 0.6) is 0 Å². The monoisotopic (exact) mass is 853 g/mol. The third-order valence-corrected chi connectivity index (χ3v) is 15.1. The zero-order chi connectivity index (χ0) is 44.9. The minimum atomic E-state index is -0.515. The number of benzene rings is 10. The van der Waals surface area contributed by atoms with E-state index in [-0.39, 0.29) is 5.41 Å². The molecule has 0 aliphatic heterocycles. The van der Waals surface area contributed by atoms with Gasteiger partial charge < -0.3 is 4.90 Å². The Bertz CT molecular complexity index is 3580. The van der Waals surface area contributed by atoms with Crippen LogP contribution in [0.3, 0.4) is 0 Å². The Morgan fingerprint density at radius 1 is 0.313 bits per heavy atom. The highest BCUT2D eigenvalue weighted by Gasteiger charge is 2.52. The molecule has 1 heteroatoms. The summed E-state index contributed by atoms with van der Waals surface area (Å²) in [4.78, 5) is 2.44. The number of fused-ring (bicyclic) bond motifs is 13. The van der Waals surface area contributed by atoms with Gasteiger partial charge in [0.05, 0.1) is 5.41 Å². The Morgan fingerprint density at radius 3 is 1.33 bits per heavy atom. The summed E-state index contributed by atoms with van der Waals surface area (Å²) in [5, 5.41) is 0. The minimum Gasteiger partial charge on any atom is -0.310 e. The van der Waals surface area contributed by atoms with E-state index < -0.39 is 5.41 Å². The third kappa shape index (κ3) is 5.81. The number of nitrogens with zero attached hydrogens (tertiary/aromatic N) is 1. The molecule has 0 fully saturated rings. The second kappa shape index (κ2) is 14.9. The van der Waals surface area contributed by atoms with Crippen LogP contribution in [0.25, 0.3) is 72.8 Å². The van der Waals surface area contributed by atoms with Gasteiger partial charge in [0.25, 0.3) is 0 Å². The molecule has 10 aromatic rings. The van der Waals surface area contributed by atoms with Gasteiger partial charge in [-0.25, -0.2) is 0 Å². The van der Waals surface area contributed by atoms with E-state index in [1.165, 1.54) is 100 Å². The van der Waals surface area contributed by atoms with Gasteiger partial charge in [-0.3, -0.25) is 0 Å². The lowest BCUT2D eigenvalue weighted by Crippen LogP contribution is -2.26. The Hall–Kier alpha value is -8.26. The van der Waals surface area contributed by atoms with Crippen LogP contribution < -0.4 is 4.90 Å². The second-order valence-corrected chi connectivity index (χ2v) is 18.9. The summed E-state index contributed by atoms with van der Waals surface area (Å²) in [5.74, 6) is 0. The molecule has 3 aliphatic carbocycles. The summed E-state index contributed by atoms with van der Waals surface area (Å²) in [5.41, 5.74) is 27.0. The smallest absolute Gasteiger partial charge is 0.0726 e. The molecule has 0 saturated heterocycles. The van der Waals surface area contributed by atoms with E-state index in [1.54, 1.807) is 0 Å². The van der Waals surface area contributed by atoms with E-state index in [0.29, 0.717) is 0 Å². The van der Waals surface area contributed by atoms with E-state index in [2.05, 4.69) is 256 Å². The molecular formula is C66H47N. The van der Waals surface area contributed by atoms with E-state index in [4.69, 9.17) is 0 Å². The normalized spacial score (nSPS) is 15.3. The summed E-state index contributed by atoms with van der Waals surface area (Å²) in [7, 11) is 0. The van der Waals surface area contributed by atoms with Gasteiger partial charge in [-0.05, 0) is 154 Å². The molecule has 1 atom stereocenters. The zero-order valence-electron chi connectivity index (χ0n) is 37.7. The number of hydrogen-bond donors (Lipinski definition) is 0. The van der Waals surface area contributed by atoms with Gasteiger partial charge in [0, 0.05) is 22.5 Å². The molecule has 0 aromatic heterocycles. The third-order valence-electron chi connectivity index (χ3n) is 15.1. The van der Waals surface area contributed by atoms with Crippen molar-refractivity contribution in [3.05, 3.63) is 276 Å². The topological polar surface area (TPSA) is 3.24 Å². The van der Waals surface area contributed by atoms with E-state index in [9.17, 15) is 0 Å². The van der Waals surface area contributed by atoms with Crippen molar-refractivity contribution in [2.75, 3.05) is 4.90 Å². The lowest BCUT2D eigenvalue weighted by molar-refractivity contribution is 0.660. The summed E-state index contributed by atoms with van der Waals surface area (Å²) >= 11 is 0. The molecule has 10 aromatic carbocycles. The molecule has 0 amide bonds. The summed E-state index contributed by atoms with van der Waals surface area (Å²) < 4.78 is 0. The first-order valence-electron chi connectivity index (χ1n) is 23.4. The molecule has 0 radical (unpaired) electrons. The standard InChI is InChI=1S/C66H47N/c1-4-43-22-24-46(25-23-43)49-30-37-56-53-16-9-12-20-61(53)66(63(56)41-49)62-21-13-10-17-54(62)57-38-36-52(42-64(57)66)67(50-32-26-45(27-33-50)44-14-6-5-7-15-44)51-34-28-47(29-35-51)48-31-39-60-58(40-48)55-18-8-11-19-59(55)65(60,2)3/h4-42H,1H2,2-3H3. The molecule has 13 rings (SSSR count). The van der Waals surface area contributed by atoms with Crippen LogP contribution in [0.2, 0.25) is 0 Å². The zero-order valence-corrected chi connectivity index (χ0v) is 37.7. The van der Waals surface area contributed by atoms with Crippen molar-refractivity contribution < 1.29 is 0 Å². The van der Waals surface area contributed by atoms with Crippen molar-refractivity contribution in [1.29, 1.82) is 0 Å². The highest BCUT2D eigenvalue weighted by atomic mass is 15.1. The number of anilines is 3. The Morgan fingerprint density at radius 2 is 0.716 bits per heavy atom. The van der Waals surface area contributed by atoms with E-state index in [0.717, 1.165) is 22.6 Å². The Labute approximate surface area is 393 Å². The van der Waals surface area contributed by atoms with Crippen molar-refractivity contribution in [3.63, 3.8) is 0 Å². The average molecular weight is 854 g/mol. The van der Waals surface area contributed by atoms with Crippen molar-refractivity contribution in [3.8, 4) is 66.8 Å². The number of rotatable bonds is 7. The SMILES string of the molecule is C=Cc1ccc(-c2ccc3c(c2)C2(c4ccccc4-3)c3ccccc3-c3ccc(N(c4ccc(-c5ccccc5)cc4)c4ccc(-c5ccc6c(c5)-c5ccccc5C6(C)C)cc4)cc32)cc1. The summed E-state index contributed by atoms with van der Waals surface area (Å²) in [6.45, 7) is 8.69. The first-order valence-corrected chi connectivity index (χ1v) is 23.4. The van der Waals surface area contributed by atoms with Gasteiger partial charge in [-0.2, -0.15) is 0 Å². The fraction of sp³-hybridized carbons (Fsp3) is 0.0606. The first-order chi connectivity index (χ1) is 32.9. The Balaban J connectivity index is 0.982. The fourth-order valence-electron chi connectivity index (χ4n) is 11.8. The highest BCUT2D eigenvalue weighted by Crippen LogP contribution is 2.64. The van der Waals surface area contributed by atoms with Gasteiger partial charge in [0.2, 0.25) is 0 Å². The predicted molar refractivity (Wildman–Crippen MR) is 281 cm³/mol. The van der Waals surface area contributed by atoms with Crippen LogP contribution in [0.15, 0.2) is 237 Å². The van der Waals surface area contributed by atoms with E-state index in [1.807, 2.05) is 6.08 Å². The van der Waals surface area contributed by atoms with Gasteiger partial charge in [0.15, 0.2) is 0 Å². The lowest BCUT2D eigenvalue weighted by atomic mass is 9.70. The average Bonchev–Trinajstić information content (AvgIpc) is 3.94. The van der Waals surface area contributed by atoms with Crippen LogP contribution in [0, 0.1) is 0 Å². The van der Waals surface area contributed by atoms with Gasteiger partial charge in [-0.15, -0.1) is 0 Å². The lowest BCUT2D eigenvalue weighted by Gasteiger charge is -2.32. The molecule has 0 N–H and O–H groups in total. The largest absolute Gasteiger partial charge is 0.310 e. The molecule has 3 aliphatic rings. The second-order valence-electron chi connectivity index (χ2n) is 18.9. The maximum Gasteiger partial charge on any atom is 0.0726 e. The quantitative estimate of drug-likeness (QED) is 0.154. The van der Waals surface area contributed by atoms with Crippen molar-refractivity contribution in [2.24, 2.45) is 0 Å². The van der Waals surface area contributed by atoms with Crippen LogP contribution >= 0.6 is 0 Å². The van der Waals surface area contributed by atoms with Crippen molar-refractivity contribution >= 4 is 23.1 Å². The predicted octanol–water partition coefficient (Wildman–Crippen LogP) is 17.5. The Kier molecular flexibility index (Phi) is 8.70. The molecule has 1 spiro atoms. The molecule has 0 heterocycles. The molecule has 0 saturated carbocycles.